The Hall–Kier alpha value is -3.01. The van der Waals surface area contributed by atoms with Crippen LogP contribution in [0.4, 0.5) is 0 Å². The Balaban J connectivity index is 2.08. The van der Waals surface area contributed by atoms with Crippen molar-refractivity contribution < 1.29 is 14.3 Å². The van der Waals surface area contributed by atoms with Crippen LogP contribution in [0.15, 0.2) is 60.7 Å². The van der Waals surface area contributed by atoms with E-state index >= 15 is 0 Å². The molecule has 3 rings (SSSR count). The van der Waals surface area contributed by atoms with Crippen LogP contribution in [0.2, 0.25) is 0 Å². The first-order chi connectivity index (χ1) is 11.7. The predicted molar refractivity (Wildman–Crippen MR) is 94.2 cm³/mol. The van der Waals surface area contributed by atoms with E-state index in [0.717, 1.165) is 28.1 Å². The largest absolute Gasteiger partial charge is 0.497 e. The van der Waals surface area contributed by atoms with E-state index in [9.17, 15) is 4.79 Å². The third kappa shape index (κ3) is 3.18. The van der Waals surface area contributed by atoms with Crippen LogP contribution >= 0.6 is 0 Å². The molecule has 0 bridgehead atoms. The zero-order valence-electron chi connectivity index (χ0n) is 13.7. The number of methoxy groups -OCH3 is 1. The monoisotopic (exact) mass is 321 g/mol. The van der Waals surface area contributed by atoms with Crippen molar-refractivity contribution in [3.8, 4) is 28.1 Å². The third-order valence-corrected chi connectivity index (χ3v) is 3.78. The Labute approximate surface area is 141 Å². The molecule has 1 aromatic heterocycles. The lowest BCUT2D eigenvalue weighted by atomic mass is 10.0. The first kappa shape index (κ1) is 15.9. The van der Waals surface area contributed by atoms with Gasteiger partial charge in [-0.1, -0.05) is 42.5 Å². The summed E-state index contributed by atoms with van der Waals surface area (Å²) in [6.45, 7) is 2.13. The van der Waals surface area contributed by atoms with Gasteiger partial charge < -0.3 is 14.5 Å². The number of aromatic nitrogens is 1. The maximum atomic E-state index is 12.3. The molecule has 0 aliphatic rings. The maximum absolute atomic E-state index is 12.3. The van der Waals surface area contributed by atoms with E-state index in [4.69, 9.17) is 9.47 Å². The molecule has 0 unspecified atom stereocenters. The van der Waals surface area contributed by atoms with Crippen molar-refractivity contribution in [3.63, 3.8) is 0 Å². The van der Waals surface area contributed by atoms with Crippen molar-refractivity contribution in [2.45, 2.75) is 6.92 Å². The second-order valence-electron chi connectivity index (χ2n) is 5.29. The van der Waals surface area contributed by atoms with Crippen molar-refractivity contribution in [1.82, 2.24) is 4.98 Å². The molecule has 0 aliphatic carbocycles. The SMILES string of the molecule is CCOC(=O)c1[nH]c(-c2ccccc2)cc1-c1ccc(OC)cc1. The fourth-order valence-electron chi connectivity index (χ4n) is 2.59. The Morgan fingerprint density at radius 2 is 1.71 bits per heavy atom. The molecule has 0 radical (unpaired) electrons. The molecule has 4 nitrogen and oxygen atoms in total. The lowest BCUT2D eigenvalue weighted by Gasteiger charge is -2.05. The van der Waals surface area contributed by atoms with Crippen molar-refractivity contribution in [1.29, 1.82) is 0 Å². The van der Waals surface area contributed by atoms with Gasteiger partial charge in [0, 0.05) is 11.3 Å². The minimum Gasteiger partial charge on any atom is -0.497 e. The lowest BCUT2D eigenvalue weighted by molar-refractivity contribution is 0.0521. The average Bonchev–Trinajstić information content (AvgIpc) is 3.08. The highest BCUT2D eigenvalue weighted by atomic mass is 16.5. The Bertz CT molecular complexity index is 820. The highest BCUT2D eigenvalue weighted by Gasteiger charge is 2.18. The molecule has 1 N–H and O–H groups in total. The van der Waals surface area contributed by atoms with Crippen LogP contribution in [0.25, 0.3) is 22.4 Å². The number of ether oxygens (including phenoxy) is 2. The van der Waals surface area contributed by atoms with Gasteiger partial charge in [0.1, 0.15) is 11.4 Å². The summed E-state index contributed by atoms with van der Waals surface area (Å²) in [6.07, 6.45) is 0. The Morgan fingerprint density at radius 1 is 1.00 bits per heavy atom. The minimum absolute atomic E-state index is 0.334. The summed E-state index contributed by atoms with van der Waals surface area (Å²) in [4.78, 5) is 15.5. The van der Waals surface area contributed by atoms with Crippen LogP contribution < -0.4 is 4.74 Å². The topological polar surface area (TPSA) is 51.3 Å². The van der Waals surface area contributed by atoms with E-state index in [1.54, 1.807) is 14.0 Å². The number of esters is 1. The van der Waals surface area contributed by atoms with Gasteiger partial charge in [-0.15, -0.1) is 0 Å². The standard InChI is InChI=1S/C20H19NO3/c1-3-24-20(22)19-17(14-9-11-16(23-2)12-10-14)13-18(21-19)15-7-5-4-6-8-15/h4-13,21H,3H2,1-2H3. The summed E-state index contributed by atoms with van der Waals surface area (Å²) < 4.78 is 10.4. The molecule has 0 spiro atoms. The molecule has 122 valence electrons. The molecule has 0 aliphatic heterocycles. The smallest absolute Gasteiger partial charge is 0.355 e. The van der Waals surface area contributed by atoms with Gasteiger partial charge in [-0.2, -0.15) is 0 Å². The van der Waals surface area contributed by atoms with Crippen molar-refractivity contribution in [2.24, 2.45) is 0 Å². The molecule has 0 saturated carbocycles. The summed E-state index contributed by atoms with van der Waals surface area (Å²) in [5, 5.41) is 0. The maximum Gasteiger partial charge on any atom is 0.355 e. The van der Waals surface area contributed by atoms with Gasteiger partial charge in [-0.25, -0.2) is 4.79 Å². The van der Waals surface area contributed by atoms with Gasteiger partial charge in [0.05, 0.1) is 13.7 Å². The molecule has 0 amide bonds. The number of H-pyrrole nitrogens is 1. The van der Waals surface area contributed by atoms with Crippen LogP contribution in [-0.4, -0.2) is 24.7 Å². The van der Waals surface area contributed by atoms with E-state index in [1.165, 1.54) is 0 Å². The second kappa shape index (κ2) is 7.04. The molecule has 2 aromatic carbocycles. The van der Waals surface area contributed by atoms with Gasteiger partial charge >= 0.3 is 5.97 Å². The normalized spacial score (nSPS) is 10.4. The molecule has 3 aromatic rings. The van der Waals surface area contributed by atoms with Gasteiger partial charge in [-0.05, 0) is 36.2 Å². The highest BCUT2D eigenvalue weighted by molar-refractivity contribution is 5.97. The Kier molecular flexibility index (Phi) is 4.66. The van der Waals surface area contributed by atoms with Crippen LogP contribution in [0.5, 0.6) is 5.75 Å². The highest BCUT2D eigenvalue weighted by Crippen LogP contribution is 2.31. The summed E-state index contributed by atoms with van der Waals surface area (Å²) in [7, 11) is 1.63. The van der Waals surface area contributed by atoms with E-state index in [0.29, 0.717) is 12.3 Å². The number of nitrogens with one attached hydrogen (secondary N) is 1. The Morgan fingerprint density at radius 3 is 2.33 bits per heavy atom. The van der Waals surface area contributed by atoms with Gasteiger partial charge in [-0.3, -0.25) is 0 Å². The number of rotatable bonds is 5. The summed E-state index contributed by atoms with van der Waals surface area (Å²) in [5.74, 6) is 0.417. The molecule has 4 heteroatoms. The lowest BCUT2D eigenvalue weighted by Crippen LogP contribution is -2.06. The average molecular weight is 321 g/mol. The number of aromatic amines is 1. The van der Waals surface area contributed by atoms with Crippen molar-refractivity contribution in [3.05, 3.63) is 66.4 Å². The fraction of sp³-hybridized carbons (Fsp3) is 0.150. The van der Waals surface area contributed by atoms with Gasteiger partial charge in [0.25, 0.3) is 0 Å². The third-order valence-electron chi connectivity index (χ3n) is 3.78. The number of hydrogen-bond acceptors (Lipinski definition) is 3. The van der Waals surface area contributed by atoms with Gasteiger partial charge in [0.15, 0.2) is 0 Å². The molecule has 0 saturated heterocycles. The first-order valence-corrected chi connectivity index (χ1v) is 7.83. The molecule has 24 heavy (non-hydrogen) atoms. The van der Waals surface area contributed by atoms with E-state index in [2.05, 4.69) is 4.98 Å². The molecule has 0 atom stereocenters. The van der Waals surface area contributed by atoms with Crippen molar-refractivity contribution in [2.75, 3.05) is 13.7 Å². The van der Waals surface area contributed by atoms with Crippen LogP contribution in [0.3, 0.4) is 0 Å². The van der Waals surface area contributed by atoms with Crippen LogP contribution in [-0.2, 0) is 4.74 Å². The van der Waals surface area contributed by atoms with E-state index < -0.39 is 0 Å². The molecule has 1 heterocycles. The van der Waals surface area contributed by atoms with Crippen LogP contribution in [0.1, 0.15) is 17.4 Å². The zero-order chi connectivity index (χ0) is 16.9. The summed E-state index contributed by atoms with van der Waals surface area (Å²) in [6, 6.07) is 19.5. The second-order valence-corrected chi connectivity index (χ2v) is 5.29. The van der Waals surface area contributed by atoms with E-state index in [-0.39, 0.29) is 5.97 Å². The quantitative estimate of drug-likeness (QED) is 0.702. The van der Waals surface area contributed by atoms with E-state index in [1.807, 2.05) is 60.7 Å². The molecular formula is C20H19NO3. The van der Waals surface area contributed by atoms with Crippen LogP contribution in [0, 0.1) is 0 Å². The zero-order valence-corrected chi connectivity index (χ0v) is 13.7. The first-order valence-electron chi connectivity index (χ1n) is 7.83. The molecular weight excluding hydrogens is 302 g/mol. The number of hydrogen-bond donors (Lipinski definition) is 1. The molecule has 0 fully saturated rings. The summed E-state index contributed by atoms with van der Waals surface area (Å²) in [5.41, 5.74) is 4.10. The van der Waals surface area contributed by atoms with Crippen molar-refractivity contribution >= 4 is 5.97 Å². The summed E-state index contributed by atoms with van der Waals surface area (Å²) >= 11 is 0. The van der Waals surface area contributed by atoms with Gasteiger partial charge in [0.2, 0.25) is 0 Å². The fourth-order valence-corrected chi connectivity index (χ4v) is 2.59. The number of benzene rings is 2. The number of carbonyl (C=O) groups excluding carboxylic acids is 1. The predicted octanol–water partition coefficient (Wildman–Crippen LogP) is 4.53. The number of carbonyl (C=O) groups is 1. The minimum atomic E-state index is -0.356.